The van der Waals surface area contributed by atoms with Crippen LogP contribution < -0.4 is 0 Å². The fourth-order valence-electron chi connectivity index (χ4n) is 0.398. The van der Waals surface area contributed by atoms with Crippen LogP contribution in [-0.2, 0) is 14.4 Å². The lowest BCUT2D eigenvalue weighted by molar-refractivity contribution is -0.135. The van der Waals surface area contributed by atoms with Gasteiger partial charge in [-0.3, -0.25) is 4.79 Å². The summed E-state index contributed by atoms with van der Waals surface area (Å²) in [5.41, 5.74) is 0. The van der Waals surface area contributed by atoms with Gasteiger partial charge < -0.3 is 15.3 Å². The third-order valence-electron chi connectivity index (χ3n) is 0.888. The second kappa shape index (κ2) is 4.70. The summed E-state index contributed by atoms with van der Waals surface area (Å²) in [5, 5.41) is 24.7. The van der Waals surface area contributed by atoms with E-state index >= 15 is 0 Å². The second-order valence-electron chi connectivity index (χ2n) is 1.91. The molecular weight excluding hydrogens is 180 g/mol. The van der Waals surface area contributed by atoms with E-state index in [4.69, 9.17) is 15.3 Å². The minimum atomic E-state index is -1.66. The maximum atomic E-state index is 10.6. The van der Waals surface area contributed by atoms with E-state index in [1.807, 2.05) is 0 Å². The maximum absolute atomic E-state index is 10.6. The first-order valence-corrected chi connectivity index (χ1v) is 3.02. The predicted molar refractivity (Wildman–Crippen MR) is 40.1 cm³/mol. The lowest BCUT2D eigenvalue weighted by Gasteiger charge is -1.87. The van der Waals surface area contributed by atoms with E-state index < -0.39 is 23.5 Å². The van der Waals surface area contributed by atoms with Crippen molar-refractivity contribution >= 4 is 17.7 Å². The molecule has 0 amide bonds. The molecule has 6 heteroatoms. The third kappa shape index (κ3) is 5.19. The molecule has 0 aliphatic rings. The molecule has 0 aliphatic carbocycles. The third-order valence-corrected chi connectivity index (χ3v) is 0.888. The molecule has 0 spiro atoms. The van der Waals surface area contributed by atoms with Crippen molar-refractivity contribution in [2.24, 2.45) is 0 Å². The smallest absolute Gasteiger partial charge is 0.371 e. The standard InChI is InChI=1S/C7H6O6/c8-4(1-2-6(10)11)3-5(9)7(12)13/h1-3,9H,(H,10,11)(H,12,13). The van der Waals surface area contributed by atoms with Gasteiger partial charge in [-0.25, -0.2) is 9.59 Å². The number of carbonyl (C=O) groups excluding carboxylic acids is 1. The highest BCUT2D eigenvalue weighted by atomic mass is 16.4. The summed E-state index contributed by atoms with van der Waals surface area (Å²) in [6.45, 7) is 0. The van der Waals surface area contributed by atoms with Gasteiger partial charge in [0, 0.05) is 12.2 Å². The van der Waals surface area contributed by atoms with Crippen molar-refractivity contribution in [3.63, 3.8) is 0 Å². The molecule has 3 N–H and O–H groups in total. The molecule has 0 aromatic rings. The summed E-state index contributed by atoms with van der Waals surface area (Å²) >= 11 is 0. The number of hydrogen-bond donors (Lipinski definition) is 3. The van der Waals surface area contributed by atoms with Crippen molar-refractivity contribution in [3.8, 4) is 0 Å². The zero-order valence-electron chi connectivity index (χ0n) is 6.30. The van der Waals surface area contributed by atoms with Gasteiger partial charge in [-0.1, -0.05) is 0 Å². The Morgan fingerprint density at radius 1 is 0.923 bits per heavy atom. The van der Waals surface area contributed by atoms with Crippen LogP contribution >= 0.6 is 0 Å². The van der Waals surface area contributed by atoms with E-state index in [1.165, 1.54) is 0 Å². The molecule has 70 valence electrons. The largest absolute Gasteiger partial charge is 0.502 e. The molecule has 0 aromatic carbocycles. The molecule has 0 aliphatic heterocycles. The van der Waals surface area contributed by atoms with E-state index in [-0.39, 0.29) is 0 Å². The Bertz CT molecular complexity index is 298. The molecule has 0 fully saturated rings. The van der Waals surface area contributed by atoms with Crippen molar-refractivity contribution in [1.82, 2.24) is 0 Å². The van der Waals surface area contributed by atoms with Gasteiger partial charge in [0.1, 0.15) is 0 Å². The van der Waals surface area contributed by atoms with Gasteiger partial charge in [-0.05, 0) is 6.08 Å². The fraction of sp³-hybridized carbons (Fsp3) is 0. The number of ketones is 1. The van der Waals surface area contributed by atoms with E-state index in [2.05, 4.69) is 0 Å². The zero-order valence-corrected chi connectivity index (χ0v) is 6.30. The van der Waals surface area contributed by atoms with Crippen molar-refractivity contribution in [1.29, 1.82) is 0 Å². The Morgan fingerprint density at radius 3 is 1.85 bits per heavy atom. The van der Waals surface area contributed by atoms with Gasteiger partial charge in [0.05, 0.1) is 0 Å². The molecule has 0 saturated carbocycles. The van der Waals surface area contributed by atoms with Gasteiger partial charge in [0.15, 0.2) is 5.78 Å². The summed E-state index contributed by atoms with van der Waals surface area (Å²) in [4.78, 5) is 30.5. The minimum Gasteiger partial charge on any atom is -0.502 e. The highest BCUT2D eigenvalue weighted by molar-refractivity contribution is 6.05. The predicted octanol–water partition coefficient (Wildman–Crippen LogP) is -0.277. The maximum Gasteiger partial charge on any atom is 0.371 e. The molecule has 0 aromatic heterocycles. The molecule has 0 bridgehead atoms. The Balaban J connectivity index is 4.39. The molecule has 6 nitrogen and oxygen atoms in total. The average Bonchev–Trinajstić information content (AvgIpc) is 2.00. The molecule has 0 saturated heterocycles. The normalized spacial score (nSPS) is 11.5. The average molecular weight is 186 g/mol. The van der Waals surface area contributed by atoms with Crippen LogP contribution in [0.3, 0.4) is 0 Å². The molecule has 13 heavy (non-hydrogen) atoms. The van der Waals surface area contributed by atoms with Crippen molar-refractivity contribution in [2.75, 3.05) is 0 Å². The first-order valence-electron chi connectivity index (χ1n) is 3.02. The molecular formula is C7H6O6. The van der Waals surface area contributed by atoms with Crippen LogP contribution in [0.5, 0.6) is 0 Å². The summed E-state index contributed by atoms with van der Waals surface area (Å²) in [6.07, 6.45) is 1.57. The lowest BCUT2D eigenvalue weighted by atomic mass is 10.3. The summed E-state index contributed by atoms with van der Waals surface area (Å²) < 4.78 is 0. The number of hydrogen-bond acceptors (Lipinski definition) is 4. The highest BCUT2D eigenvalue weighted by Gasteiger charge is 2.05. The molecule has 0 atom stereocenters. The second-order valence-corrected chi connectivity index (χ2v) is 1.91. The zero-order chi connectivity index (χ0) is 10.4. The van der Waals surface area contributed by atoms with Crippen LogP contribution in [0.15, 0.2) is 24.0 Å². The highest BCUT2D eigenvalue weighted by Crippen LogP contribution is 1.90. The van der Waals surface area contributed by atoms with E-state index in [0.29, 0.717) is 18.2 Å². The minimum absolute atomic E-state index is 0.405. The molecule has 0 unspecified atom stereocenters. The van der Waals surface area contributed by atoms with E-state index in [1.54, 1.807) is 0 Å². The Morgan fingerprint density at radius 2 is 1.46 bits per heavy atom. The number of allylic oxidation sites excluding steroid dienone is 2. The van der Waals surface area contributed by atoms with Gasteiger partial charge in [0.25, 0.3) is 0 Å². The number of carboxylic acid groups (broad SMARTS) is 2. The molecule has 0 radical (unpaired) electrons. The fourth-order valence-corrected chi connectivity index (χ4v) is 0.398. The quantitative estimate of drug-likeness (QED) is 0.411. The van der Waals surface area contributed by atoms with Crippen LogP contribution in [0.1, 0.15) is 0 Å². The number of aliphatic hydroxyl groups is 1. The first kappa shape index (κ1) is 10.9. The van der Waals surface area contributed by atoms with Gasteiger partial charge in [-0.2, -0.15) is 0 Å². The Labute approximate surface area is 72.4 Å². The number of carboxylic acids is 2. The van der Waals surface area contributed by atoms with Crippen LogP contribution in [0.4, 0.5) is 0 Å². The summed E-state index contributed by atoms with van der Waals surface area (Å²) in [7, 11) is 0. The summed E-state index contributed by atoms with van der Waals surface area (Å²) in [5.74, 6) is -5.05. The summed E-state index contributed by atoms with van der Waals surface area (Å²) in [6, 6.07) is 0. The van der Waals surface area contributed by atoms with E-state index in [9.17, 15) is 14.4 Å². The van der Waals surface area contributed by atoms with Crippen LogP contribution in [0, 0.1) is 0 Å². The Hall–Kier alpha value is -2.11. The monoisotopic (exact) mass is 186 g/mol. The number of rotatable bonds is 4. The van der Waals surface area contributed by atoms with Gasteiger partial charge in [0.2, 0.25) is 5.76 Å². The lowest BCUT2D eigenvalue weighted by Crippen LogP contribution is -2.02. The van der Waals surface area contributed by atoms with Gasteiger partial charge >= 0.3 is 11.9 Å². The van der Waals surface area contributed by atoms with E-state index in [0.717, 1.165) is 0 Å². The van der Waals surface area contributed by atoms with Crippen molar-refractivity contribution in [3.05, 3.63) is 24.0 Å². The van der Waals surface area contributed by atoms with Crippen molar-refractivity contribution < 1.29 is 29.7 Å². The molecule has 0 heterocycles. The van der Waals surface area contributed by atoms with Crippen LogP contribution in [0.25, 0.3) is 0 Å². The number of aliphatic carboxylic acids is 2. The van der Waals surface area contributed by atoms with Crippen LogP contribution in [-0.4, -0.2) is 33.0 Å². The number of carbonyl (C=O) groups is 3. The van der Waals surface area contributed by atoms with Gasteiger partial charge in [-0.15, -0.1) is 0 Å². The Kier molecular flexibility index (Phi) is 3.94. The topological polar surface area (TPSA) is 112 Å². The molecule has 0 rings (SSSR count). The SMILES string of the molecule is O=C(O)C=CC(=O)C=C(O)C(=O)O. The first-order chi connectivity index (χ1) is 5.93. The number of aliphatic hydroxyl groups excluding tert-OH is 1. The van der Waals surface area contributed by atoms with Crippen LogP contribution in [0.2, 0.25) is 0 Å². The van der Waals surface area contributed by atoms with Crippen molar-refractivity contribution in [2.45, 2.75) is 0 Å².